The highest BCUT2D eigenvalue weighted by Crippen LogP contribution is 2.53. The van der Waals surface area contributed by atoms with Crippen LogP contribution in [0.25, 0.3) is 0 Å². The summed E-state index contributed by atoms with van der Waals surface area (Å²) < 4.78 is 140. The van der Waals surface area contributed by atoms with E-state index in [1.54, 1.807) is 0 Å². The number of thiophene rings is 1. The third kappa shape index (κ3) is 4.69. The zero-order valence-electron chi connectivity index (χ0n) is 14.7. The molecule has 1 N–H and O–H groups in total. The van der Waals surface area contributed by atoms with E-state index >= 15 is 0 Å². The van der Waals surface area contributed by atoms with E-state index in [9.17, 15) is 62.7 Å². The average Bonchev–Trinajstić information content (AvgIpc) is 3.03. The number of ketones is 3. The summed E-state index contributed by atoms with van der Waals surface area (Å²) in [5.74, 6) is -36.2. The predicted octanol–water partition coefficient (Wildman–Crippen LogP) is 3.49. The molecule has 0 radical (unpaired) electrons. The topological polar surface area (TPSA) is 123 Å². The quantitative estimate of drug-likeness (QED) is 0.150. The Kier molecular flexibility index (Phi) is 7.67. The third-order valence-corrected chi connectivity index (χ3v) is 5.98. The molecule has 0 unspecified atom stereocenters. The standard InChI is InChI=1S/C14H7ClF8O7S2/c15-9-4-6(32(28,29)30)10(31-9)5(25)3-8(27)12(18,19)14(22,23)13(20,21)11(16,17)7(26)1-2-24/h2,4H,1,3H2,(H,28,29,30). The first-order valence-corrected chi connectivity index (χ1v) is 10.1. The largest absolute Gasteiger partial charge is 0.386 e. The molecule has 180 valence electrons. The second-order valence-electron chi connectivity index (χ2n) is 5.83. The molecule has 0 bridgehead atoms. The van der Waals surface area contributed by atoms with Crippen LogP contribution in [-0.4, -0.2) is 60.3 Å². The molecule has 1 aromatic rings. The van der Waals surface area contributed by atoms with Crippen molar-refractivity contribution >= 4 is 56.7 Å². The van der Waals surface area contributed by atoms with Crippen LogP contribution < -0.4 is 0 Å². The van der Waals surface area contributed by atoms with E-state index in [4.69, 9.17) is 16.2 Å². The van der Waals surface area contributed by atoms with E-state index < -0.39 is 84.4 Å². The van der Waals surface area contributed by atoms with E-state index in [0.29, 0.717) is 6.07 Å². The smallest absolute Gasteiger partial charge is 0.303 e. The van der Waals surface area contributed by atoms with Gasteiger partial charge in [-0.25, -0.2) is 0 Å². The van der Waals surface area contributed by atoms with Crippen LogP contribution >= 0.6 is 22.9 Å². The van der Waals surface area contributed by atoms with Gasteiger partial charge in [0.25, 0.3) is 10.1 Å². The van der Waals surface area contributed by atoms with Crippen molar-refractivity contribution in [1.82, 2.24) is 0 Å². The molecule has 0 aliphatic rings. The number of carbonyl (C=O) groups excluding carboxylic acids is 4. The highest BCUT2D eigenvalue weighted by molar-refractivity contribution is 7.86. The molecule has 0 amide bonds. The number of rotatable bonds is 11. The molecule has 1 heterocycles. The molecule has 0 saturated carbocycles. The van der Waals surface area contributed by atoms with Crippen molar-refractivity contribution in [2.24, 2.45) is 0 Å². The van der Waals surface area contributed by atoms with Crippen LogP contribution in [0.3, 0.4) is 0 Å². The van der Waals surface area contributed by atoms with Gasteiger partial charge in [-0.15, -0.1) is 11.3 Å². The number of halogens is 9. The lowest BCUT2D eigenvalue weighted by molar-refractivity contribution is -0.346. The van der Waals surface area contributed by atoms with Gasteiger partial charge in [-0.2, -0.15) is 43.5 Å². The number of carbonyl (C=O) groups is 4. The molecule has 7 nitrogen and oxygen atoms in total. The minimum atomic E-state index is -7.25. The van der Waals surface area contributed by atoms with Crippen molar-refractivity contribution in [3.63, 3.8) is 0 Å². The first-order valence-electron chi connectivity index (χ1n) is 7.47. The van der Waals surface area contributed by atoms with Gasteiger partial charge in [0, 0.05) is 0 Å². The van der Waals surface area contributed by atoms with Crippen LogP contribution in [0.2, 0.25) is 4.34 Å². The molecule has 0 aromatic carbocycles. The van der Waals surface area contributed by atoms with E-state index in [1.165, 1.54) is 0 Å². The van der Waals surface area contributed by atoms with Crippen molar-refractivity contribution in [3.05, 3.63) is 15.3 Å². The number of hydrogen-bond acceptors (Lipinski definition) is 7. The van der Waals surface area contributed by atoms with Gasteiger partial charge < -0.3 is 4.79 Å². The van der Waals surface area contributed by atoms with Crippen LogP contribution in [0.4, 0.5) is 35.1 Å². The first-order chi connectivity index (χ1) is 14.2. The summed E-state index contributed by atoms with van der Waals surface area (Å²) in [5.41, 5.74) is 0. The molecule has 0 spiro atoms. The van der Waals surface area contributed by atoms with E-state index in [-0.39, 0.29) is 11.3 Å². The van der Waals surface area contributed by atoms with Crippen LogP contribution in [0.1, 0.15) is 22.5 Å². The van der Waals surface area contributed by atoms with Gasteiger partial charge in [0.1, 0.15) is 11.2 Å². The highest BCUT2D eigenvalue weighted by Gasteiger charge is 2.83. The molecule has 18 heteroatoms. The lowest BCUT2D eigenvalue weighted by atomic mass is 9.91. The fourth-order valence-electron chi connectivity index (χ4n) is 2.02. The molecule has 1 rings (SSSR count). The zero-order chi connectivity index (χ0) is 25.5. The van der Waals surface area contributed by atoms with Crippen molar-refractivity contribution in [3.8, 4) is 0 Å². The van der Waals surface area contributed by atoms with Crippen molar-refractivity contribution in [2.75, 3.05) is 0 Å². The summed E-state index contributed by atoms with van der Waals surface area (Å²) in [6.45, 7) is 0. The second kappa shape index (κ2) is 8.75. The Bertz CT molecular complexity index is 1070. The van der Waals surface area contributed by atoms with Crippen LogP contribution in [-0.2, 0) is 24.5 Å². The zero-order valence-corrected chi connectivity index (χ0v) is 17.1. The molecule has 1 aromatic heterocycles. The lowest BCUT2D eigenvalue weighted by Crippen LogP contribution is -2.66. The Morgan fingerprint density at radius 1 is 0.969 bits per heavy atom. The molecular weight excluding hydrogens is 532 g/mol. The molecule has 0 saturated heterocycles. The Morgan fingerprint density at radius 2 is 1.41 bits per heavy atom. The van der Waals surface area contributed by atoms with Crippen molar-refractivity contribution < 1.29 is 67.3 Å². The Labute approximate surface area is 181 Å². The Balaban J connectivity index is 3.35. The van der Waals surface area contributed by atoms with E-state index in [1.807, 2.05) is 0 Å². The second-order valence-corrected chi connectivity index (χ2v) is 8.91. The average molecular weight is 539 g/mol. The maximum absolute atomic E-state index is 13.8. The molecule has 0 atom stereocenters. The highest BCUT2D eigenvalue weighted by atomic mass is 35.5. The Morgan fingerprint density at radius 3 is 1.81 bits per heavy atom. The van der Waals surface area contributed by atoms with Gasteiger partial charge in [0.15, 0.2) is 5.78 Å². The van der Waals surface area contributed by atoms with Gasteiger partial charge >= 0.3 is 23.7 Å². The van der Waals surface area contributed by atoms with Gasteiger partial charge in [-0.3, -0.25) is 18.9 Å². The van der Waals surface area contributed by atoms with Crippen molar-refractivity contribution in [2.45, 2.75) is 41.4 Å². The molecular formula is C14H7ClF8O7S2. The van der Waals surface area contributed by atoms with Crippen LogP contribution in [0, 0.1) is 0 Å². The van der Waals surface area contributed by atoms with Crippen molar-refractivity contribution in [1.29, 1.82) is 0 Å². The van der Waals surface area contributed by atoms with Crippen LogP contribution in [0.15, 0.2) is 11.0 Å². The number of hydrogen-bond donors (Lipinski definition) is 1. The molecule has 0 fully saturated rings. The lowest BCUT2D eigenvalue weighted by Gasteiger charge is -2.35. The summed E-state index contributed by atoms with van der Waals surface area (Å²) in [5, 5.41) is 0. The SMILES string of the molecule is O=CCC(=O)C(F)(F)C(F)(F)C(F)(F)C(F)(F)C(=O)CC(=O)c1sc(Cl)cc1S(=O)(=O)O. The van der Waals surface area contributed by atoms with E-state index in [2.05, 4.69) is 0 Å². The summed E-state index contributed by atoms with van der Waals surface area (Å²) in [4.78, 5) is 41.8. The summed E-state index contributed by atoms with van der Waals surface area (Å²) in [6.07, 6.45) is -5.15. The maximum Gasteiger partial charge on any atom is 0.386 e. The van der Waals surface area contributed by atoms with E-state index in [0.717, 1.165) is 0 Å². The first kappa shape index (κ1) is 28.1. The number of Topliss-reactive ketones (excluding diaryl/α,β-unsaturated/α-hetero) is 3. The fraction of sp³-hybridized carbons (Fsp3) is 0.429. The minimum absolute atomic E-state index is 0.0251. The molecule has 0 aliphatic heterocycles. The van der Waals surface area contributed by atoms with Crippen LogP contribution in [0.5, 0.6) is 0 Å². The molecule has 32 heavy (non-hydrogen) atoms. The Hall–Kier alpha value is -1.98. The fourth-order valence-corrected chi connectivity index (χ4v) is 4.27. The van der Waals surface area contributed by atoms with Gasteiger partial charge in [0.05, 0.1) is 22.1 Å². The minimum Gasteiger partial charge on any atom is -0.303 e. The molecule has 0 aliphatic carbocycles. The monoisotopic (exact) mass is 538 g/mol. The predicted molar refractivity (Wildman–Crippen MR) is 88.6 cm³/mol. The normalized spacial score (nSPS) is 13.7. The summed E-state index contributed by atoms with van der Waals surface area (Å²) in [7, 11) is -5.24. The third-order valence-electron chi connectivity index (χ3n) is 3.67. The number of alkyl halides is 8. The van der Waals surface area contributed by atoms with Gasteiger partial charge in [-0.05, 0) is 6.07 Å². The summed E-state index contributed by atoms with van der Waals surface area (Å²) >= 11 is 5.35. The van der Waals surface area contributed by atoms with Gasteiger partial charge in [0.2, 0.25) is 11.6 Å². The maximum atomic E-state index is 13.8. The number of aldehydes is 1. The van der Waals surface area contributed by atoms with Gasteiger partial charge in [-0.1, -0.05) is 11.6 Å². The summed E-state index contributed by atoms with van der Waals surface area (Å²) in [6, 6.07) is 0.416.